The summed E-state index contributed by atoms with van der Waals surface area (Å²) in [6, 6.07) is 1.47. The quantitative estimate of drug-likeness (QED) is 0.763. The molecule has 1 spiro atoms. The summed E-state index contributed by atoms with van der Waals surface area (Å²) in [5, 5.41) is 13.2. The van der Waals surface area contributed by atoms with Crippen molar-refractivity contribution < 1.29 is 14.4 Å². The lowest BCUT2D eigenvalue weighted by Crippen LogP contribution is -2.48. The maximum absolute atomic E-state index is 12.9. The second kappa shape index (κ2) is 7.27. The summed E-state index contributed by atoms with van der Waals surface area (Å²) >= 11 is 0. The summed E-state index contributed by atoms with van der Waals surface area (Å²) in [4.78, 5) is 40.7. The molecule has 140 valence electrons. The van der Waals surface area contributed by atoms with Crippen LogP contribution in [0, 0.1) is 5.41 Å². The van der Waals surface area contributed by atoms with E-state index in [0.29, 0.717) is 44.7 Å². The van der Waals surface area contributed by atoms with Crippen LogP contribution in [0.3, 0.4) is 0 Å². The lowest BCUT2D eigenvalue weighted by Gasteiger charge is -2.32. The highest BCUT2D eigenvalue weighted by atomic mass is 16.2. The van der Waals surface area contributed by atoms with Gasteiger partial charge in [0.2, 0.25) is 5.91 Å². The van der Waals surface area contributed by atoms with E-state index in [9.17, 15) is 14.4 Å². The van der Waals surface area contributed by atoms with E-state index in [0.717, 1.165) is 0 Å². The molecule has 0 bridgehead atoms. The van der Waals surface area contributed by atoms with Crippen molar-refractivity contribution in [2.75, 3.05) is 32.7 Å². The number of rotatable bonds is 2. The fraction of sp³-hybridized carbons (Fsp3) is 0.588. The van der Waals surface area contributed by atoms with E-state index in [-0.39, 0.29) is 23.9 Å². The minimum Gasteiger partial charge on any atom is -0.355 e. The SMILES string of the molecule is CC(C)NC(=O)N1CCN(C(=O)c2ccnnc2)C[C@@]2(CNC(=O)C2)C1. The van der Waals surface area contributed by atoms with Gasteiger partial charge in [0.1, 0.15) is 0 Å². The molecule has 2 aliphatic heterocycles. The Morgan fingerprint density at radius 1 is 1.23 bits per heavy atom. The highest BCUT2D eigenvalue weighted by Crippen LogP contribution is 2.31. The highest BCUT2D eigenvalue weighted by molar-refractivity contribution is 5.94. The highest BCUT2D eigenvalue weighted by Gasteiger charge is 2.45. The number of urea groups is 1. The van der Waals surface area contributed by atoms with E-state index in [1.807, 2.05) is 13.8 Å². The first-order valence-corrected chi connectivity index (χ1v) is 8.77. The van der Waals surface area contributed by atoms with Gasteiger partial charge in [-0.15, -0.1) is 0 Å². The maximum Gasteiger partial charge on any atom is 0.317 e. The minimum absolute atomic E-state index is 0.0191. The number of hydrogen-bond acceptors (Lipinski definition) is 5. The molecule has 0 aliphatic carbocycles. The van der Waals surface area contributed by atoms with Crippen LogP contribution in [0.2, 0.25) is 0 Å². The van der Waals surface area contributed by atoms with Gasteiger partial charge < -0.3 is 20.4 Å². The normalized spacial score (nSPS) is 23.1. The number of carbonyl (C=O) groups excluding carboxylic acids is 3. The summed E-state index contributed by atoms with van der Waals surface area (Å²) < 4.78 is 0. The van der Waals surface area contributed by atoms with E-state index in [1.54, 1.807) is 15.9 Å². The van der Waals surface area contributed by atoms with Crippen LogP contribution >= 0.6 is 0 Å². The lowest BCUT2D eigenvalue weighted by molar-refractivity contribution is -0.119. The molecule has 3 heterocycles. The molecule has 2 N–H and O–H groups in total. The Morgan fingerprint density at radius 2 is 1.96 bits per heavy atom. The third-order valence-electron chi connectivity index (χ3n) is 4.71. The van der Waals surface area contributed by atoms with E-state index >= 15 is 0 Å². The molecule has 2 aliphatic rings. The van der Waals surface area contributed by atoms with Crippen LogP contribution in [0.15, 0.2) is 18.5 Å². The Labute approximate surface area is 152 Å². The van der Waals surface area contributed by atoms with Gasteiger partial charge in [-0.2, -0.15) is 10.2 Å². The zero-order valence-corrected chi connectivity index (χ0v) is 15.1. The molecule has 26 heavy (non-hydrogen) atoms. The third-order valence-corrected chi connectivity index (χ3v) is 4.71. The first-order chi connectivity index (χ1) is 12.4. The number of hydrogen-bond donors (Lipinski definition) is 2. The first-order valence-electron chi connectivity index (χ1n) is 8.77. The fourth-order valence-electron chi connectivity index (χ4n) is 3.52. The van der Waals surface area contributed by atoms with Crippen LogP contribution in [0.4, 0.5) is 4.79 Å². The smallest absolute Gasteiger partial charge is 0.317 e. The number of aromatic nitrogens is 2. The second-order valence-electron chi connectivity index (χ2n) is 7.34. The number of carbonyl (C=O) groups is 3. The standard InChI is InChI=1S/C17H24N6O3/c1-12(2)21-16(26)23-6-5-22(15(25)13-3-4-19-20-8-13)10-17(11-23)7-14(24)18-9-17/h3-4,8,12H,5-7,9-11H2,1-2H3,(H,18,24)(H,21,26)/t17-/m1/s1. The second-order valence-corrected chi connectivity index (χ2v) is 7.34. The van der Waals surface area contributed by atoms with E-state index in [1.165, 1.54) is 12.4 Å². The Hall–Kier alpha value is -2.71. The molecule has 3 rings (SSSR count). The van der Waals surface area contributed by atoms with Crippen molar-refractivity contribution in [2.24, 2.45) is 5.41 Å². The van der Waals surface area contributed by atoms with Crippen molar-refractivity contribution in [3.63, 3.8) is 0 Å². The first kappa shape index (κ1) is 18.1. The van der Waals surface area contributed by atoms with Crippen LogP contribution in [0.25, 0.3) is 0 Å². The Morgan fingerprint density at radius 3 is 2.58 bits per heavy atom. The van der Waals surface area contributed by atoms with Crippen molar-refractivity contribution in [1.29, 1.82) is 0 Å². The molecule has 9 nitrogen and oxygen atoms in total. The minimum atomic E-state index is -0.474. The van der Waals surface area contributed by atoms with Crippen molar-refractivity contribution in [1.82, 2.24) is 30.6 Å². The molecule has 1 atom stereocenters. The number of nitrogens with one attached hydrogen (secondary N) is 2. The van der Waals surface area contributed by atoms with Gasteiger partial charge in [0, 0.05) is 50.6 Å². The molecule has 4 amide bonds. The van der Waals surface area contributed by atoms with E-state index < -0.39 is 5.41 Å². The molecule has 2 saturated heterocycles. The van der Waals surface area contributed by atoms with Crippen LogP contribution in [-0.4, -0.2) is 76.6 Å². The summed E-state index contributed by atoms with van der Waals surface area (Å²) in [7, 11) is 0. The van der Waals surface area contributed by atoms with Gasteiger partial charge in [-0.05, 0) is 19.9 Å². The molecule has 0 radical (unpaired) electrons. The van der Waals surface area contributed by atoms with Gasteiger partial charge in [-0.25, -0.2) is 4.79 Å². The van der Waals surface area contributed by atoms with Crippen molar-refractivity contribution >= 4 is 17.8 Å². The topological polar surface area (TPSA) is 108 Å². The Bertz CT molecular complexity index is 695. The van der Waals surface area contributed by atoms with Gasteiger partial charge in [0.05, 0.1) is 18.0 Å². The zero-order valence-electron chi connectivity index (χ0n) is 15.1. The predicted octanol–water partition coefficient (Wildman–Crippen LogP) is -0.141. The summed E-state index contributed by atoms with van der Waals surface area (Å²) in [5.74, 6) is -0.209. The van der Waals surface area contributed by atoms with Crippen LogP contribution in [0.5, 0.6) is 0 Å². The molecule has 2 fully saturated rings. The summed E-state index contributed by atoms with van der Waals surface area (Å²) in [5.41, 5.74) is -0.0228. The summed E-state index contributed by atoms with van der Waals surface area (Å²) in [6.45, 7) is 5.93. The van der Waals surface area contributed by atoms with Crippen molar-refractivity contribution in [3.05, 3.63) is 24.0 Å². The average Bonchev–Trinajstić information content (AvgIpc) is 2.86. The number of nitrogens with zero attached hydrogens (tertiary/aromatic N) is 4. The predicted molar refractivity (Wildman–Crippen MR) is 93.2 cm³/mol. The third kappa shape index (κ3) is 3.92. The zero-order chi connectivity index (χ0) is 18.7. The molecule has 0 unspecified atom stereocenters. The van der Waals surface area contributed by atoms with Crippen LogP contribution < -0.4 is 10.6 Å². The molecule has 1 aromatic rings. The summed E-state index contributed by atoms with van der Waals surface area (Å²) in [6.07, 6.45) is 3.21. The number of amides is 4. The average molecular weight is 360 g/mol. The Balaban J connectivity index is 1.82. The van der Waals surface area contributed by atoms with Gasteiger partial charge in [-0.3, -0.25) is 9.59 Å². The van der Waals surface area contributed by atoms with Gasteiger partial charge >= 0.3 is 6.03 Å². The van der Waals surface area contributed by atoms with Crippen molar-refractivity contribution in [2.45, 2.75) is 26.3 Å². The molecular formula is C17H24N6O3. The Kier molecular flexibility index (Phi) is 5.06. The largest absolute Gasteiger partial charge is 0.355 e. The van der Waals surface area contributed by atoms with E-state index in [4.69, 9.17) is 0 Å². The maximum atomic E-state index is 12.9. The fourth-order valence-corrected chi connectivity index (χ4v) is 3.52. The lowest BCUT2D eigenvalue weighted by atomic mass is 9.86. The van der Waals surface area contributed by atoms with Crippen LogP contribution in [0.1, 0.15) is 30.6 Å². The molecular weight excluding hydrogens is 336 g/mol. The molecule has 9 heteroatoms. The van der Waals surface area contributed by atoms with Gasteiger partial charge in [-0.1, -0.05) is 0 Å². The van der Waals surface area contributed by atoms with Gasteiger partial charge in [0.25, 0.3) is 5.91 Å². The molecule has 0 aromatic carbocycles. The molecule has 1 aromatic heterocycles. The van der Waals surface area contributed by atoms with E-state index in [2.05, 4.69) is 20.8 Å². The van der Waals surface area contributed by atoms with Crippen LogP contribution in [-0.2, 0) is 4.79 Å². The molecule has 0 saturated carbocycles. The van der Waals surface area contributed by atoms with Gasteiger partial charge in [0.15, 0.2) is 0 Å². The monoisotopic (exact) mass is 360 g/mol. The van der Waals surface area contributed by atoms with Crippen molar-refractivity contribution in [3.8, 4) is 0 Å².